The number of benzene rings is 2. The van der Waals surface area contributed by atoms with Gasteiger partial charge in [-0.3, -0.25) is 4.79 Å². The molecule has 1 saturated heterocycles. The van der Waals surface area contributed by atoms with Gasteiger partial charge >= 0.3 is 0 Å². The summed E-state index contributed by atoms with van der Waals surface area (Å²) in [6.07, 6.45) is 3.55. The zero-order chi connectivity index (χ0) is 24.5. The summed E-state index contributed by atoms with van der Waals surface area (Å²) in [6.45, 7) is 7.88. The van der Waals surface area contributed by atoms with E-state index in [-0.39, 0.29) is 11.5 Å². The molecule has 0 saturated carbocycles. The maximum atomic E-state index is 13.4. The number of halogens is 1. The fourth-order valence-corrected chi connectivity index (χ4v) is 5.09. The fourth-order valence-electron chi connectivity index (χ4n) is 4.95. The molecular weight excluding hydrogens is 458 g/mol. The molecule has 6 heteroatoms. The van der Waals surface area contributed by atoms with Crippen LogP contribution in [0.1, 0.15) is 48.9 Å². The lowest BCUT2D eigenvalue weighted by Gasteiger charge is -2.30. The number of hydrogen-bond donors (Lipinski definition) is 1. The van der Waals surface area contributed by atoms with E-state index in [0.29, 0.717) is 27.4 Å². The lowest BCUT2D eigenvalue weighted by atomic mass is 9.99. The van der Waals surface area contributed by atoms with Gasteiger partial charge in [0.15, 0.2) is 11.2 Å². The van der Waals surface area contributed by atoms with Crippen molar-refractivity contribution in [3.05, 3.63) is 86.7 Å². The van der Waals surface area contributed by atoms with Gasteiger partial charge in [-0.2, -0.15) is 0 Å². The predicted octanol–water partition coefficient (Wildman–Crippen LogP) is 7.29. The third-order valence-corrected chi connectivity index (χ3v) is 6.97. The molecule has 2 aromatic carbocycles. The molecule has 1 N–H and O–H groups in total. The van der Waals surface area contributed by atoms with Crippen molar-refractivity contribution in [2.45, 2.75) is 46.1 Å². The average Bonchev–Trinajstić information content (AvgIpc) is 2.88. The summed E-state index contributed by atoms with van der Waals surface area (Å²) in [4.78, 5) is 20.4. The van der Waals surface area contributed by atoms with Gasteiger partial charge in [0.25, 0.3) is 0 Å². The van der Waals surface area contributed by atoms with Gasteiger partial charge in [-0.05, 0) is 63.8 Å². The number of nitrogens with zero attached hydrogens (tertiary/aromatic N) is 2. The van der Waals surface area contributed by atoms with E-state index >= 15 is 0 Å². The maximum Gasteiger partial charge on any atom is 0.196 e. The lowest BCUT2D eigenvalue weighted by Crippen LogP contribution is -2.31. The van der Waals surface area contributed by atoms with Gasteiger partial charge in [0.1, 0.15) is 16.5 Å². The second-order valence-corrected chi connectivity index (χ2v) is 9.79. The Morgan fingerprint density at radius 2 is 1.77 bits per heavy atom. The largest absolute Gasteiger partial charge is 0.455 e. The number of anilines is 2. The Morgan fingerprint density at radius 3 is 2.51 bits per heavy atom. The van der Waals surface area contributed by atoms with Crippen molar-refractivity contribution in [3.8, 4) is 11.3 Å². The number of hydrogen-bond acceptors (Lipinski definition) is 5. The first kappa shape index (κ1) is 23.4. The minimum absolute atomic E-state index is 0.00409. The van der Waals surface area contributed by atoms with Gasteiger partial charge in [-0.15, -0.1) is 0 Å². The van der Waals surface area contributed by atoms with E-state index in [9.17, 15) is 4.79 Å². The van der Waals surface area contributed by atoms with Crippen LogP contribution in [0.25, 0.3) is 22.3 Å². The van der Waals surface area contributed by atoms with Gasteiger partial charge in [0.05, 0.1) is 17.1 Å². The second kappa shape index (κ2) is 9.74. The molecule has 0 bridgehead atoms. The number of aromatic nitrogens is 1. The highest BCUT2D eigenvalue weighted by molar-refractivity contribution is 6.29. The zero-order valence-electron chi connectivity index (χ0n) is 20.4. The number of rotatable bonds is 5. The van der Waals surface area contributed by atoms with Gasteiger partial charge < -0.3 is 14.6 Å². The first-order valence-corrected chi connectivity index (χ1v) is 12.6. The highest BCUT2D eigenvalue weighted by atomic mass is 35.5. The van der Waals surface area contributed by atoms with Crippen LogP contribution in [0.4, 0.5) is 11.5 Å². The Hall–Kier alpha value is -3.31. The molecule has 0 radical (unpaired) electrons. The van der Waals surface area contributed by atoms with Crippen molar-refractivity contribution in [1.82, 2.24) is 4.98 Å². The molecule has 0 unspecified atom stereocenters. The summed E-state index contributed by atoms with van der Waals surface area (Å²) in [6, 6.07) is 17.5. The highest BCUT2D eigenvalue weighted by Crippen LogP contribution is 2.35. The van der Waals surface area contributed by atoms with Crippen LogP contribution in [-0.4, -0.2) is 18.1 Å². The monoisotopic (exact) mass is 487 g/mol. The molecular formula is C29H30ClN3O2. The minimum Gasteiger partial charge on any atom is -0.455 e. The van der Waals surface area contributed by atoms with E-state index in [1.54, 1.807) is 0 Å². The summed E-state index contributed by atoms with van der Waals surface area (Å²) in [7, 11) is 0. The Kier molecular flexibility index (Phi) is 6.52. The normalized spacial score (nSPS) is 14.8. The summed E-state index contributed by atoms with van der Waals surface area (Å²) < 4.78 is 6.48. The predicted molar refractivity (Wildman–Crippen MR) is 145 cm³/mol. The summed E-state index contributed by atoms with van der Waals surface area (Å²) >= 11 is 6.28. The molecule has 0 spiro atoms. The maximum absolute atomic E-state index is 13.4. The molecule has 1 aliphatic rings. The number of aryl methyl sites for hydroxylation is 1. The van der Waals surface area contributed by atoms with E-state index in [2.05, 4.69) is 28.2 Å². The van der Waals surface area contributed by atoms with Crippen LogP contribution < -0.4 is 15.6 Å². The molecule has 1 atom stereocenters. The fraction of sp³-hybridized carbons (Fsp3) is 0.310. The third kappa shape index (κ3) is 4.65. The topological polar surface area (TPSA) is 58.4 Å². The quantitative estimate of drug-likeness (QED) is 0.299. The summed E-state index contributed by atoms with van der Waals surface area (Å²) in [5.41, 5.74) is 5.02. The molecule has 2 aromatic heterocycles. The summed E-state index contributed by atoms with van der Waals surface area (Å²) in [5.74, 6) is 1.49. The Labute approximate surface area is 210 Å². The number of fused-ring (bicyclic) bond motifs is 1. The minimum atomic E-state index is -0.126. The number of piperidine rings is 1. The van der Waals surface area contributed by atoms with Crippen molar-refractivity contribution in [2.75, 3.05) is 23.3 Å². The van der Waals surface area contributed by atoms with Gasteiger partial charge in [0, 0.05) is 29.8 Å². The SMILES string of the molecule is Cc1cc([C@@H](C)Nc2ccc(Cl)nc2N2CCCCC2)c2oc(-c3ccccc3)c(C)c(=O)c2c1. The second-order valence-electron chi connectivity index (χ2n) is 9.40. The van der Waals surface area contributed by atoms with Crippen LogP contribution >= 0.6 is 11.6 Å². The van der Waals surface area contributed by atoms with Crippen LogP contribution in [0, 0.1) is 13.8 Å². The zero-order valence-corrected chi connectivity index (χ0v) is 21.2. The molecule has 1 fully saturated rings. The molecule has 5 rings (SSSR count). The molecule has 0 amide bonds. The molecule has 1 aliphatic heterocycles. The molecule has 0 aliphatic carbocycles. The van der Waals surface area contributed by atoms with Gasteiger partial charge in [-0.25, -0.2) is 4.98 Å². The van der Waals surface area contributed by atoms with E-state index in [4.69, 9.17) is 16.0 Å². The van der Waals surface area contributed by atoms with Crippen LogP contribution in [0.15, 0.2) is 63.8 Å². The van der Waals surface area contributed by atoms with Crippen molar-refractivity contribution in [3.63, 3.8) is 0 Å². The van der Waals surface area contributed by atoms with Crippen LogP contribution in [0.3, 0.4) is 0 Å². The van der Waals surface area contributed by atoms with Gasteiger partial charge in [0.2, 0.25) is 0 Å². The van der Waals surface area contributed by atoms with E-state index in [0.717, 1.165) is 54.1 Å². The first-order chi connectivity index (χ1) is 16.9. The highest BCUT2D eigenvalue weighted by Gasteiger charge is 2.22. The molecule has 5 nitrogen and oxygen atoms in total. The lowest BCUT2D eigenvalue weighted by molar-refractivity contribution is 0.573. The molecule has 3 heterocycles. The van der Waals surface area contributed by atoms with Crippen molar-refractivity contribution < 1.29 is 4.42 Å². The van der Waals surface area contributed by atoms with Crippen molar-refractivity contribution >= 4 is 34.1 Å². The smallest absolute Gasteiger partial charge is 0.196 e. The van der Waals surface area contributed by atoms with Crippen LogP contribution in [-0.2, 0) is 0 Å². The third-order valence-electron chi connectivity index (χ3n) is 6.76. The van der Waals surface area contributed by atoms with Crippen molar-refractivity contribution in [1.29, 1.82) is 0 Å². The van der Waals surface area contributed by atoms with Crippen LogP contribution in [0.5, 0.6) is 0 Å². The summed E-state index contributed by atoms with van der Waals surface area (Å²) in [5, 5.41) is 4.73. The number of nitrogens with one attached hydrogen (secondary N) is 1. The van der Waals surface area contributed by atoms with E-state index in [1.165, 1.54) is 6.42 Å². The van der Waals surface area contributed by atoms with Gasteiger partial charge in [-0.1, -0.05) is 48.0 Å². The van der Waals surface area contributed by atoms with Crippen molar-refractivity contribution in [2.24, 2.45) is 0 Å². The van der Waals surface area contributed by atoms with Crippen LogP contribution in [0.2, 0.25) is 5.15 Å². The Bertz CT molecular complexity index is 1430. The molecule has 35 heavy (non-hydrogen) atoms. The Morgan fingerprint density at radius 1 is 1.03 bits per heavy atom. The molecule has 180 valence electrons. The number of pyridine rings is 1. The van der Waals surface area contributed by atoms with E-state index in [1.807, 2.05) is 62.4 Å². The Balaban J connectivity index is 1.60. The standard InChI is InChI=1S/C29H30ClN3O2/c1-18-16-22(20(3)31-24-12-13-25(30)32-29(24)33-14-8-5-9-15-33)28-23(17-18)26(34)19(2)27(35-28)21-10-6-4-7-11-21/h4,6-7,10-13,16-17,20,31H,5,8-9,14-15H2,1-3H3/t20-/m1/s1. The average molecular weight is 488 g/mol. The van der Waals surface area contributed by atoms with E-state index < -0.39 is 0 Å². The first-order valence-electron chi connectivity index (χ1n) is 12.2. The molecule has 4 aromatic rings.